The number of hydrogen-bond acceptors (Lipinski definition) is 3. The van der Waals surface area contributed by atoms with Gasteiger partial charge in [-0.3, -0.25) is 4.79 Å². The molecule has 1 aliphatic heterocycles. The molecule has 1 aliphatic rings. The first kappa shape index (κ1) is 14.9. The molecule has 1 atom stereocenters. The van der Waals surface area contributed by atoms with Gasteiger partial charge in [0.25, 0.3) is 0 Å². The maximum Gasteiger partial charge on any atom is 0.223 e. The molecule has 1 unspecified atom stereocenters. The van der Waals surface area contributed by atoms with E-state index in [1.54, 1.807) is 0 Å². The van der Waals surface area contributed by atoms with Crippen LogP contribution < -0.4 is 4.74 Å². The van der Waals surface area contributed by atoms with Crippen LogP contribution in [0.15, 0.2) is 24.3 Å². The van der Waals surface area contributed by atoms with Crippen molar-refractivity contribution in [3.63, 3.8) is 0 Å². The molecule has 0 N–H and O–H groups in total. The van der Waals surface area contributed by atoms with Crippen molar-refractivity contribution < 1.29 is 14.3 Å². The highest BCUT2D eigenvalue weighted by molar-refractivity contribution is 5.76. The number of hydrogen-bond donors (Lipinski definition) is 0. The molecule has 1 aromatic carbocycles. The summed E-state index contributed by atoms with van der Waals surface area (Å²) in [6, 6.07) is 7.93. The van der Waals surface area contributed by atoms with Gasteiger partial charge in [0, 0.05) is 19.5 Å². The van der Waals surface area contributed by atoms with Crippen molar-refractivity contribution in [1.82, 2.24) is 4.90 Å². The van der Waals surface area contributed by atoms with Crippen LogP contribution in [0.4, 0.5) is 0 Å². The second kappa shape index (κ2) is 7.29. The van der Waals surface area contributed by atoms with E-state index in [9.17, 15) is 4.79 Å². The summed E-state index contributed by atoms with van der Waals surface area (Å²) in [7, 11) is 0. The first-order valence-electron chi connectivity index (χ1n) is 7.30. The number of morpholine rings is 1. The first-order valence-corrected chi connectivity index (χ1v) is 7.30. The largest absolute Gasteiger partial charge is 0.494 e. The van der Waals surface area contributed by atoms with E-state index in [-0.39, 0.29) is 12.0 Å². The predicted octanol–water partition coefficient (Wildman–Crippen LogP) is 2.27. The third-order valence-electron chi connectivity index (χ3n) is 3.47. The van der Waals surface area contributed by atoms with Crippen LogP contribution in [0.25, 0.3) is 0 Å². The first-order chi connectivity index (χ1) is 9.70. The van der Waals surface area contributed by atoms with Crippen LogP contribution in [0.3, 0.4) is 0 Å². The Morgan fingerprint density at radius 1 is 1.45 bits per heavy atom. The number of amides is 1. The number of para-hydroxylation sites is 1. The van der Waals surface area contributed by atoms with E-state index in [0.29, 0.717) is 32.7 Å². The molecule has 1 fully saturated rings. The van der Waals surface area contributed by atoms with Gasteiger partial charge < -0.3 is 14.4 Å². The fourth-order valence-corrected chi connectivity index (χ4v) is 2.45. The Labute approximate surface area is 120 Å². The summed E-state index contributed by atoms with van der Waals surface area (Å²) in [4.78, 5) is 14.1. The Morgan fingerprint density at radius 3 is 3.00 bits per heavy atom. The summed E-state index contributed by atoms with van der Waals surface area (Å²) in [5.74, 6) is 1.09. The van der Waals surface area contributed by atoms with Crippen LogP contribution in [-0.4, -0.2) is 43.2 Å². The molecule has 1 aromatic rings. The maximum atomic E-state index is 12.2. The highest BCUT2D eigenvalue weighted by Gasteiger charge is 2.21. The van der Waals surface area contributed by atoms with E-state index in [1.165, 1.54) is 0 Å². The molecular weight excluding hydrogens is 254 g/mol. The Balaban J connectivity index is 1.89. The number of benzene rings is 1. The molecular formula is C16H23NO3. The van der Waals surface area contributed by atoms with E-state index in [1.807, 2.05) is 43.0 Å². The Hall–Kier alpha value is -1.55. The molecule has 0 aromatic heterocycles. The fraction of sp³-hybridized carbons (Fsp3) is 0.562. The van der Waals surface area contributed by atoms with Crippen molar-refractivity contribution in [2.24, 2.45) is 0 Å². The van der Waals surface area contributed by atoms with E-state index in [2.05, 4.69) is 0 Å². The number of carbonyl (C=O) groups is 1. The quantitative estimate of drug-likeness (QED) is 0.828. The lowest BCUT2D eigenvalue weighted by Crippen LogP contribution is -2.44. The van der Waals surface area contributed by atoms with Gasteiger partial charge in [-0.05, 0) is 31.9 Å². The molecule has 2 rings (SSSR count). The molecule has 0 aliphatic carbocycles. The minimum atomic E-state index is 0.142. The predicted molar refractivity (Wildman–Crippen MR) is 77.9 cm³/mol. The molecule has 1 saturated heterocycles. The topological polar surface area (TPSA) is 38.8 Å². The van der Waals surface area contributed by atoms with Gasteiger partial charge >= 0.3 is 0 Å². The van der Waals surface area contributed by atoms with Gasteiger partial charge in [0.1, 0.15) is 5.75 Å². The van der Waals surface area contributed by atoms with Crippen LogP contribution in [0.2, 0.25) is 0 Å². The smallest absolute Gasteiger partial charge is 0.223 e. The van der Waals surface area contributed by atoms with Gasteiger partial charge in [-0.1, -0.05) is 18.2 Å². The summed E-state index contributed by atoms with van der Waals surface area (Å²) >= 11 is 0. The second-order valence-electron chi connectivity index (χ2n) is 5.06. The average molecular weight is 277 g/mol. The molecule has 1 heterocycles. The van der Waals surface area contributed by atoms with Crippen molar-refractivity contribution in [2.75, 3.05) is 26.3 Å². The standard InChI is InChI=1S/C16H23NO3/c1-3-19-15-7-5-4-6-14(15)8-9-16(18)17-10-11-20-13(2)12-17/h4-7,13H,3,8-12H2,1-2H3. The maximum absolute atomic E-state index is 12.2. The lowest BCUT2D eigenvalue weighted by atomic mass is 10.1. The van der Waals surface area contributed by atoms with Gasteiger partial charge in [0.2, 0.25) is 5.91 Å². The molecule has 4 nitrogen and oxygen atoms in total. The number of aryl methyl sites for hydroxylation is 1. The lowest BCUT2D eigenvalue weighted by molar-refractivity contribution is -0.138. The van der Waals surface area contributed by atoms with Crippen LogP contribution in [-0.2, 0) is 16.0 Å². The molecule has 4 heteroatoms. The van der Waals surface area contributed by atoms with Crippen LogP contribution in [0, 0.1) is 0 Å². The molecule has 1 amide bonds. The number of ether oxygens (including phenoxy) is 2. The molecule has 0 bridgehead atoms. The van der Waals surface area contributed by atoms with E-state index in [4.69, 9.17) is 9.47 Å². The van der Waals surface area contributed by atoms with Crippen molar-refractivity contribution in [1.29, 1.82) is 0 Å². The summed E-state index contributed by atoms with van der Waals surface area (Å²) in [6.45, 7) is 6.66. The molecule has 0 saturated carbocycles. The normalized spacial score (nSPS) is 18.9. The Morgan fingerprint density at radius 2 is 2.25 bits per heavy atom. The van der Waals surface area contributed by atoms with Crippen molar-refractivity contribution in [2.45, 2.75) is 32.8 Å². The van der Waals surface area contributed by atoms with Crippen molar-refractivity contribution >= 4 is 5.91 Å². The van der Waals surface area contributed by atoms with Crippen LogP contribution in [0.1, 0.15) is 25.8 Å². The van der Waals surface area contributed by atoms with Crippen molar-refractivity contribution in [3.05, 3.63) is 29.8 Å². The molecule has 110 valence electrons. The van der Waals surface area contributed by atoms with Gasteiger partial charge in [0.15, 0.2) is 0 Å². The molecule has 0 spiro atoms. The SMILES string of the molecule is CCOc1ccccc1CCC(=O)N1CCOC(C)C1. The fourth-order valence-electron chi connectivity index (χ4n) is 2.45. The zero-order chi connectivity index (χ0) is 14.4. The summed E-state index contributed by atoms with van der Waals surface area (Å²) < 4.78 is 11.0. The van der Waals surface area contributed by atoms with E-state index < -0.39 is 0 Å². The summed E-state index contributed by atoms with van der Waals surface area (Å²) in [5, 5.41) is 0. The minimum Gasteiger partial charge on any atom is -0.494 e. The van der Waals surface area contributed by atoms with E-state index >= 15 is 0 Å². The van der Waals surface area contributed by atoms with Gasteiger partial charge in [-0.15, -0.1) is 0 Å². The van der Waals surface area contributed by atoms with Crippen LogP contribution >= 0.6 is 0 Å². The third-order valence-corrected chi connectivity index (χ3v) is 3.47. The zero-order valence-corrected chi connectivity index (χ0v) is 12.3. The van der Waals surface area contributed by atoms with E-state index in [0.717, 1.165) is 17.7 Å². The van der Waals surface area contributed by atoms with Gasteiger partial charge in [-0.2, -0.15) is 0 Å². The zero-order valence-electron chi connectivity index (χ0n) is 12.3. The number of rotatable bonds is 5. The minimum absolute atomic E-state index is 0.142. The highest BCUT2D eigenvalue weighted by Crippen LogP contribution is 2.20. The number of nitrogens with zero attached hydrogens (tertiary/aromatic N) is 1. The summed E-state index contributed by atoms with van der Waals surface area (Å²) in [6.07, 6.45) is 1.39. The molecule has 0 radical (unpaired) electrons. The second-order valence-corrected chi connectivity index (χ2v) is 5.06. The third kappa shape index (κ3) is 3.97. The van der Waals surface area contributed by atoms with Crippen molar-refractivity contribution in [3.8, 4) is 5.75 Å². The lowest BCUT2D eigenvalue weighted by Gasteiger charge is -2.31. The monoisotopic (exact) mass is 277 g/mol. The molecule has 20 heavy (non-hydrogen) atoms. The van der Waals surface area contributed by atoms with Gasteiger partial charge in [0.05, 0.1) is 19.3 Å². The average Bonchev–Trinajstić information content (AvgIpc) is 2.46. The highest BCUT2D eigenvalue weighted by atomic mass is 16.5. The Kier molecular flexibility index (Phi) is 5.41. The van der Waals surface area contributed by atoms with Gasteiger partial charge in [-0.25, -0.2) is 0 Å². The van der Waals surface area contributed by atoms with Crippen LogP contribution in [0.5, 0.6) is 5.75 Å². The number of carbonyl (C=O) groups excluding carboxylic acids is 1. The summed E-state index contributed by atoms with van der Waals surface area (Å²) in [5.41, 5.74) is 1.10. The Bertz CT molecular complexity index is 447.